The molecule has 0 fully saturated rings. The lowest BCUT2D eigenvalue weighted by molar-refractivity contribution is 0.266. The van der Waals surface area contributed by atoms with Crippen molar-refractivity contribution in [3.05, 3.63) is 35.4 Å². The number of hydrogen-bond donors (Lipinski definition) is 0. The first-order valence-corrected chi connectivity index (χ1v) is 5.24. The van der Waals surface area contributed by atoms with Gasteiger partial charge in [-0.1, -0.05) is 43.7 Å². The van der Waals surface area contributed by atoms with Gasteiger partial charge in [0.15, 0.2) is 5.05 Å². The number of rotatable bonds is 3. The Morgan fingerprint density at radius 1 is 1.29 bits per heavy atom. The minimum absolute atomic E-state index is 0.512. The summed E-state index contributed by atoms with van der Waals surface area (Å²) in [6, 6.07) is 8.08. The highest BCUT2D eigenvalue weighted by Gasteiger charge is 2.02. The highest BCUT2D eigenvalue weighted by Crippen LogP contribution is 2.07. The zero-order valence-electron chi connectivity index (χ0n) is 8.91. The van der Waals surface area contributed by atoms with Gasteiger partial charge in [-0.25, -0.2) is 0 Å². The van der Waals surface area contributed by atoms with Gasteiger partial charge in [-0.2, -0.15) is 0 Å². The second kappa shape index (κ2) is 5.11. The molecule has 0 aliphatic heterocycles. The van der Waals surface area contributed by atoms with Crippen LogP contribution in [0, 0.1) is 12.8 Å². The molecule has 1 aromatic rings. The van der Waals surface area contributed by atoms with Crippen LogP contribution in [0.25, 0.3) is 0 Å². The second-order valence-electron chi connectivity index (χ2n) is 3.86. The van der Waals surface area contributed by atoms with E-state index in [1.54, 1.807) is 0 Å². The maximum atomic E-state index is 5.46. The van der Waals surface area contributed by atoms with Crippen molar-refractivity contribution in [2.75, 3.05) is 6.61 Å². The minimum Gasteiger partial charge on any atom is -0.483 e. The number of hydrogen-bond acceptors (Lipinski definition) is 2. The van der Waals surface area contributed by atoms with Gasteiger partial charge < -0.3 is 4.74 Å². The molecule has 0 bridgehead atoms. The maximum absolute atomic E-state index is 5.46. The Morgan fingerprint density at radius 3 is 2.36 bits per heavy atom. The summed E-state index contributed by atoms with van der Waals surface area (Å²) in [6.07, 6.45) is 0. The van der Waals surface area contributed by atoms with E-state index >= 15 is 0 Å². The first kappa shape index (κ1) is 11.2. The smallest absolute Gasteiger partial charge is 0.191 e. The number of ether oxygens (including phenoxy) is 1. The molecule has 14 heavy (non-hydrogen) atoms. The summed E-state index contributed by atoms with van der Waals surface area (Å²) in [5.41, 5.74) is 2.23. The van der Waals surface area contributed by atoms with Gasteiger partial charge in [0.25, 0.3) is 0 Å². The molecule has 0 saturated carbocycles. The SMILES string of the molecule is Cc1ccc(C(=S)OCC(C)C)cc1. The molecule has 1 aromatic carbocycles. The maximum Gasteiger partial charge on any atom is 0.191 e. The third-order valence-corrected chi connectivity index (χ3v) is 2.19. The fourth-order valence-electron chi connectivity index (χ4n) is 1.02. The number of thiocarbonyl (C=S) groups is 1. The Morgan fingerprint density at radius 2 is 1.86 bits per heavy atom. The number of aryl methyl sites for hydroxylation is 1. The zero-order chi connectivity index (χ0) is 10.6. The van der Waals surface area contributed by atoms with Crippen molar-refractivity contribution in [1.82, 2.24) is 0 Å². The van der Waals surface area contributed by atoms with Crippen LogP contribution < -0.4 is 0 Å². The standard InChI is InChI=1S/C12H16OS/c1-9(2)8-13-12(14)11-6-4-10(3)5-7-11/h4-7,9H,8H2,1-3H3. The molecule has 2 heteroatoms. The summed E-state index contributed by atoms with van der Waals surface area (Å²) in [6.45, 7) is 6.96. The third kappa shape index (κ3) is 3.46. The van der Waals surface area contributed by atoms with Crippen molar-refractivity contribution < 1.29 is 4.74 Å². The molecule has 0 heterocycles. The molecule has 0 N–H and O–H groups in total. The van der Waals surface area contributed by atoms with Crippen molar-refractivity contribution in [2.45, 2.75) is 20.8 Å². The summed E-state index contributed by atoms with van der Waals surface area (Å²) < 4.78 is 5.46. The Hall–Kier alpha value is -0.890. The van der Waals surface area contributed by atoms with Gasteiger partial charge in [0, 0.05) is 5.56 Å². The van der Waals surface area contributed by atoms with Crippen LogP contribution in [-0.4, -0.2) is 11.7 Å². The largest absolute Gasteiger partial charge is 0.483 e. The highest BCUT2D eigenvalue weighted by atomic mass is 32.1. The fourth-order valence-corrected chi connectivity index (χ4v) is 1.22. The molecule has 1 nitrogen and oxygen atoms in total. The summed E-state index contributed by atoms with van der Waals surface area (Å²) in [4.78, 5) is 0. The molecular weight excluding hydrogens is 192 g/mol. The van der Waals surface area contributed by atoms with Crippen LogP contribution >= 0.6 is 12.2 Å². The molecule has 0 radical (unpaired) electrons. The van der Waals surface area contributed by atoms with E-state index in [-0.39, 0.29) is 0 Å². The molecule has 0 saturated heterocycles. The molecule has 0 spiro atoms. The lowest BCUT2D eigenvalue weighted by Crippen LogP contribution is -2.08. The van der Waals surface area contributed by atoms with Crippen LogP contribution in [0.2, 0.25) is 0 Å². The lowest BCUT2D eigenvalue weighted by Gasteiger charge is -2.09. The second-order valence-corrected chi connectivity index (χ2v) is 4.23. The first-order chi connectivity index (χ1) is 6.59. The van der Waals surface area contributed by atoms with E-state index in [2.05, 4.69) is 20.8 Å². The Kier molecular flexibility index (Phi) is 4.08. The van der Waals surface area contributed by atoms with E-state index < -0.39 is 0 Å². The molecule has 0 aromatic heterocycles. The zero-order valence-corrected chi connectivity index (χ0v) is 9.73. The highest BCUT2D eigenvalue weighted by molar-refractivity contribution is 7.80. The van der Waals surface area contributed by atoms with Crippen molar-refractivity contribution in [1.29, 1.82) is 0 Å². The first-order valence-electron chi connectivity index (χ1n) is 4.83. The van der Waals surface area contributed by atoms with E-state index in [1.807, 2.05) is 24.3 Å². The van der Waals surface area contributed by atoms with Gasteiger partial charge in [0.2, 0.25) is 0 Å². The van der Waals surface area contributed by atoms with E-state index in [0.717, 1.165) is 5.56 Å². The molecule has 0 aliphatic carbocycles. The topological polar surface area (TPSA) is 9.23 Å². The predicted octanol–water partition coefficient (Wildman–Crippen LogP) is 3.34. The van der Waals surface area contributed by atoms with Gasteiger partial charge in [-0.05, 0) is 25.1 Å². The van der Waals surface area contributed by atoms with Gasteiger partial charge in [-0.3, -0.25) is 0 Å². The third-order valence-electron chi connectivity index (χ3n) is 1.84. The normalized spacial score (nSPS) is 10.3. The Bertz CT molecular complexity index is 301. The van der Waals surface area contributed by atoms with Crippen LogP contribution in [0.4, 0.5) is 0 Å². The molecule has 0 aliphatic rings. The number of benzene rings is 1. The Balaban J connectivity index is 2.57. The van der Waals surface area contributed by atoms with Crippen LogP contribution in [0.15, 0.2) is 24.3 Å². The average molecular weight is 208 g/mol. The molecule has 0 amide bonds. The lowest BCUT2D eigenvalue weighted by atomic mass is 10.2. The monoisotopic (exact) mass is 208 g/mol. The van der Waals surface area contributed by atoms with Gasteiger partial charge in [0.05, 0.1) is 6.61 Å². The summed E-state index contributed by atoms with van der Waals surface area (Å²) in [5.74, 6) is 0.512. The predicted molar refractivity (Wildman–Crippen MR) is 63.7 cm³/mol. The van der Waals surface area contributed by atoms with Crippen molar-refractivity contribution in [2.24, 2.45) is 5.92 Å². The van der Waals surface area contributed by atoms with E-state index in [1.165, 1.54) is 5.56 Å². The quantitative estimate of drug-likeness (QED) is 0.705. The Labute approximate surface area is 91.1 Å². The van der Waals surface area contributed by atoms with Crippen molar-refractivity contribution in [3.8, 4) is 0 Å². The summed E-state index contributed by atoms with van der Waals surface area (Å²) in [5, 5.41) is 0.596. The molecule has 0 atom stereocenters. The molecule has 1 rings (SSSR count). The minimum atomic E-state index is 0.512. The summed E-state index contributed by atoms with van der Waals surface area (Å²) >= 11 is 5.16. The van der Waals surface area contributed by atoms with Gasteiger partial charge >= 0.3 is 0 Å². The van der Waals surface area contributed by atoms with Crippen LogP contribution in [0.1, 0.15) is 25.0 Å². The average Bonchev–Trinajstić information content (AvgIpc) is 2.15. The summed E-state index contributed by atoms with van der Waals surface area (Å²) in [7, 11) is 0. The van der Waals surface area contributed by atoms with Crippen molar-refractivity contribution in [3.63, 3.8) is 0 Å². The van der Waals surface area contributed by atoms with E-state index in [0.29, 0.717) is 17.6 Å². The van der Waals surface area contributed by atoms with E-state index in [4.69, 9.17) is 17.0 Å². The van der Waals surface area contributed by atoms with Crippen LogP contribution in [0.3, 0.4) is 0 Å². The van der Waals surface area contributed by atoms with Crippen LogP contribution in [-0.2, 0) is 4.74 Å². The van der Waals surface area contributed by atoms with Crippen LogP contribution in [0.5, 0.6) is 0 Å². The fraction of sp³-hybridized carbons (Fsp3) is 0.417. The van der Waals surface area contributed by atoms with Gasteiger partial charge in [0.1, 0.15) is 0 Å². The molecule has 0 unspecified atom stereocenters. The van der Waals surface area contributed by atoms with Gasteiger partial charge in [-0.15, -0.1) is 0 Å². The van der Waals surface area contributed by atoms with E-state index in [9.17, 15) is 0 Å². The molecular formula is C12H16OS. The molecule has 76 valence electrons. The van der Waals surface area contributed by atoms with Crippen molar-refractivity contribution >= 4 is 17.3 Å².